The number of carbonyl (C=O) groups is 1. The second-order valence-corrected chi connectivity index (χ2v) is 4.37. The normalized spacial score (nSPS) is 16.5. The number of hydrogen-bond acceptors (Lipinski definition) is 2. The lowest BCUT2D eigenvalue weighted by atomic mass is 10.1. The highest BCUT2D eigenvalue weighted by atomic mass is 16.4. The summed E-state index contributed by atoms with van der Waals surface area (Å²) in [4.78, 5) is 13.0. The lowest BCUT2D eigenvalue weighted by Gasteiger charge is -2.14. The number of benzene rings is 1. The van der Waals surface area contributed by atoms with Crippen LogP contribution in [0.15, 0.2) is 24.3 Å². The minimum atomic E-state index is -0.771. The van der Waals surface area contributed by atoms with Crippen molar-refractivity contribution in [3.05, 3.63) is 35.4 Å². The molecule has 3 heteroatoms. The quantitative estimate of drug-likeness (QED) is 0.841. The Morgan fingerprint density at radius 2 is 1.69 bits per heavy atom. The summed E-state index contributed by atoms with van der Waals surface area (Å²) >= 11 is 0. The van der Waals surface area contributed by atoms with Crippen molar-refractivity contribution in [1.82, 2.24) is 4.90 Å². The summed E-state index contributed by atoms with van der Waals surface area (Å²) in [7, 11) is 0. The number of hydrogen-bond donors (Lipinski definition) is 1. The van der Waals surface area contributed by atoms with Crippen molar-refractivity contribution in [2.45, 2.75) is 25.8 Å². The van der Waals surface area contributed by atoms with E-state index in [9.17, 15) is 4.79 Å². The Bertz CT molecular complexity index is 353. The van der Waals surface area contributed by atoms with Gasteiger partial charge in [0.15, 0.2) is 0 Å². The van der Waals surface area contributed by atoms with E-state index in [1.54, 1.807) is 0 Å². The van der Waals surface area contributed by atoms with Gasteiger partial charge in [0, 0.05) is 6.54 Å². The average molecular weight is 219 g/mol. The Kier molecular flexibility index (Phi) is 3.57. The van der Waals surface area contributed by atoms with Gasteiger partial charge >= 0.3 is 5.97 Å². The first-order valence-corrected chi connectivity index (χ1v) is 5.76. The topological polar surface area (TPSA) is 40.5 Å². The van der Waals surface area contributed by atoms with Gasteiger partial charge in [-0.1, -0.05) is 24.3 Å². The van der Waals surface area contributed by atoms with Gasteiger partial charge in [-0.15, -0.1) is 0 Å². The average Bonchev–Trinajstić information content (AvgIpc) is 2.73. The Morgan fingerprint density at radius 1 is 1.12 bits per heavy atom. The SMILES string of the molecule is O=C(O)Cc1ccc(CN2CCCC2)cc1. The maximum absolute atomic E-state index is 10.5. The number of aliphatic carboxylic acids is 1. The third-order valence-corrected chi connectivity index (χ3v) is 2.98. The highest BCUT2D eigenvalue weighted by molar-refractivity contribution is 5.70. The van der Waals surface area contributed by atoms with Gasteiger partial charge in [0.1, 0.15) is 0 Å². The standard InChI is InChI=1S/C13H17NO2/c15-13(16)9-11-3-5-12(6-4-11)10-14-7-1-2-8-14/h3-6H,1-2,7-10H2,(H,15,16). The van der Waals surface area contributed by atoms with Crippen molar-refractivity contribution in [1.29, 1.82) is 0 Å². The van der Waals surface area contributed by atoms with Crippen LogP contribution in [0.2, 0.25) is 0 Å². The molecule has 0 aliphatic carbocycles. The monoisotopic (exact) mass is 219 g/mol. The molecule has 0 radical (unpaired) electrons. The fourth-order valence-electron chi connectivity index (χ4n) is 2.14. The molecule has 0 atom stereocenters. The molecule has 0 saturated carbocycles. The summed E-state index contributed by atoms with van der Waals surface area (Å²) < 4.78 is 0. The van der Waals surface area contributed by atoms with Gasteiger partial charge in [-0.3, -0.25) is 9.69 Å². The minimum Gasteiger partial charge on any atom is -0.481 e. The van der Waals surface area contributed by atoms with Crippen molar-refractivity contribution in [3.8, 4) is 0 Å². The Morgan fingerprint density at radius 3 is 2.25 bits per heavy atom. The van der Waals surface area contributed by atoms with Crippen LogP contribution in [-0.2, 0) is 17.8 Å². The molecule has 1 saturated heterocycles. The molecule has 0 bridgehead atoms. The highest BCUT2D eigenvalue weighted by Gasteiger charge is 2.11. The summed E-state index contributed by atoms with van der Waals surface area (Å²) in [6.07, 6.45) is 2.72. The number of nitrogens with zero attached hydrogens (tertiary/aromatic N) is 1. The summed E-state index contributed by atoms with van der Waals surface area (Å²) in [5.74, 6) is -0.771. The van der Waals surface area contributed by atoms with Gasteiger partial charge < -0.3 is 5.11 Å². The van der Waals surface area contributed by atoms with Crippen molar-refractivity contribution in [2.24, 2.45) is 0 Å². The maximum Gasteiger partial charge on any atom is 0.307 e. The molecule has 1 aliphatic heterocycles. The Balaban J connectivity index is 1.93. The van der Waals surface area contributed by atoms with Crippen molar-refractivity contribution >= 4 is 5.97 Å². The van der Waals surface area contributed by atoms with Crippen LogP contribution in [0.3, 0.4) is 0 Å². The van der Waals surface area contributed by atoms with Crippen molar-refractivity contribution in [2.75, 3.05) is 13.1 Å². The fraction of sp³-hybridized carbons (Fsp3) is 0.462. The summed E-state index contributed by atoms with van der Waals surface area (Å²) in [5.41, 5.74) is 2.15. The second kappa shape index (κ2) is 5.12. The van der Waals surface area contributed by atoms with Crippen LogP contribution in [0.25, 0.3) is 0 Å². The van der Waals surface area contributed by atoms with E-state index in [-0.39, 0.29) is 6.42 Å². The molecule has 1 aromatic carbocycles. The molecule has 1 aromatic rings. The Labute approximate surface area is 95.7 Å². The largest absolute Gasteiger partial charge is 0.481 e. The van der Waals surface area contributed by atoms with Gasteiger partial charge in [-0.05, 0) is 37.1 Å². The first kappa shape index (κ1) is 11.1. The van der Waals surface area contributed by atoms with Crippen LogP contribution >= 0.6 is 0 Å². The molecule has 1 heterocycles. The second-order valence-electron chi connectivity index (χ2n) is 4.37. The molecule has 0 amide bonds. The minimum absolute atomic E-state index is 0.115. The fourth-order valence-corrected chi connectivity index (χ4v) is 2.14. The van der Waals surface area contributed by atoms with Crippen LogP contribution < -0.4 is 0 Å². The van der Waals surface area contributed by atoms with Crippen LogP contribution in [0, 0.1) is 0 Å². The van der Waals surface area contributed by atoms with Gasteiger partial charge in [0.2, 0.25) is 0 Å². The zero-order valence-corrected chi connectivity index (χ0v) is 9.35. The molecule has 0 unspecified atom stereocenters. The smallest absolute Gasteiger partial charge is 0.307 e. The molecule has 86 valence electrons. The van der Waals surface area contributed by atoms with E-state index in [0.29, 0.717) is 0 Å². The number of carboxylic acids is 1. The van der Waals surface area contributed by atoms with E-state index in [1.165, 1.54) is 31.5 Å². The van der Waals surface area contributed by atoms with E-state index in [4.69, 9.17) is 5.11 Å². The van der Waals surface area contributed by atoms with Crippen molar-refractivity contribution in [3.63, 3.8) is 0 Å². The van der Waals surface area contributed by atoms with Crippen LogP contribution in [-0.4, -0.2) is 29.1 Å². The van der Waals surface area contributed by atoms with E-state index in [1.807, 2.05) is 24.3 Å². The molecule has 1 fully saturated rings. The third kappa shape index (κ3) is 3.07. The molecule has 1 N–H and O–H groups in total. The molecular formula is C13H17NO2. The molecule has 1 aliphatic rings. The van der Waals surface area contributed by atoms with Gasteiger partial charge in [0.25, 0.3) is 0 Å². The predicted octanol–water partition coefficient (Wildman–Crippen LogP) is 1.91. The van der Waals surface area contributed by atoms with E-state index < -0.39 is 5.97 Å². The first-order valence-electron chi connectivity index (χ1n) is 5.76. The van der Waals surface area contributed by atoms with Crippen LogP contribution in [0.1, 0.15) is 24.0 Å². The number of likely N-dealkylation sites (tertiary alicyclic amines) is 1. The molecule has 0 aromatic heterocycles. The lowest BCUT2D eigenvalue weighted by Crippen LogP contribution is -2.18. The summed E-state index contributed by atoms with van der Waals surface area (Å²) in [6, 6.07) is 7.91. The number of rotatable bonds is 4. The van der Waals surface area contributed by atoms with Gasteiger partial charge in [-0.25, -0.2) is 0 Å². The lowest BCUT2D eigenvalue weighted by molar-refractivity contribution is -0.136. The van der Waals surface area contributed by atoms with Gasteiger partial charge in [0.05, 0.1) is 6.42 Å². The highest BCUT2D eigenvalue weighted by Crippen LogP contribution is 2.13. The molecule has 2 rings (SSSR count). The molecule has 3 nitrogen and oxygen atoms in total. The van der Waals surface area contributed by atoms with Crippen LogP contribution in [0.4, 0.5) is 0 Å². The van der Waals surface area contributed by atoms with E-state index >= 15 is 0 Å². The van der Waals surface area contributed by atoms with Crippen molar-refractivity contribution < 1.29 is 9.90 Å². The predicted molar refractivity (Wildman–Crippen MR) is 62.3 cm³/mol. The third-order valence-electron chi connectivity index (χ3n) is 2.98. The molecular weight excluding hydrogens is 202 g/mol. The summed E-state index contributed by atoms with van der Waals surface area (Å²) in [5, 5.41) is 8.66. The molecule has 16 heavy (non-hydrogen) atoms. The zero-order chi connectivity index (χ0) is 11.4. The van der Waals surface area contributed by atoms with Crippen LogP contribution in [0.5, 0.6) is 0 Å². The van der Waals surface area contributed by atoms with E-state index in [0.717, 1.165) is 12.1 Å². The van der Waals surface area contributed by atoms with Gasteiger partial charge in [-0.2, -0.15) is 0 Å². The summed E-state index contributed by atoms with van der Waals surface area (Å²) in [6.45, 7) is 3.38. The first-order chi connectivity index (χ1) is 7.74. The van der Waals surface area contributed by atoms with E-state index in [2.05, 4.69) is 4.90 Å². The zero-order valence-electron chi connectivity index (χ0n) is 9.35. The molecule has 0 spiro atoms. The number of carboxylic acid groups (broad SMARTS) is 1. The maximum atomic E-state index is 10.5. The Hall–Kier alpha value is -1.35.